The number of nitrogens with zero attached hydrogens (tertiary/aromatic N) is 2. The summed E-state index contributed by atoms with van der Waals surface area (Å²) in [6.45, 7) is 6.98. The highest BCUT2D eigenvalue weighted by Gasteiger charge is 2.25. The third-order valence-electron chi connectivity index (χ3n) is 5.81. The third-order valence-corrected chi connectivity index (χ3v) is 8.13. The lowest BCUT2D eigenvalue weighted by Crippen LogP contribution is -2.37. The number of hydrogen-bond acceptors (Lipinski definition) is 4. The van der Waals surface area contributed by atoms with Crippen LogP contribution in [0, 0.1) is 25.7 Å². The number of benzene rings is 2. The van der Waals surface area contributed by atoms with Crippen LogP contribution in [0.4, 0.5) is 5.69 Å². The molecule has 0 aliphatic carbocycles. The summed E-state index contributed by atoms with van der Waals surface area (Å²) >= 11 is 6.14. The van der Waals surface area contributed by atoms with E-state index in [0.717, 1.165) is 19.6 Å². The second-order valence-electron chi connectivity index (χ2n) is 8.26. The predicted octanol–water partition coefficient (Wildman–Crippen LogP) is 3.74. The molecule has 1 saturated heterocycles. The molecular formula is C25H30ClN3O3S. The van der Waals surface area contributed by atoms with E-state index in [2.05, 4.69) is 22.1 Å². The minimum atomic E-state index is -3.85. The highest BCUT2D eigenvalue weighted by Crippen LogP contribution is 2.29. The highest BCUT2D eigenvalue weighted by molar-refractivity contribution is 7.92. The van der Waals surface area contributed by atoms with E-state index in [1.807, 2.05) is 0 Å². The van der Waals surface area contributed by atoms with Crippen LogP contribution in [0.5, 0.6) is 0 Å². The smallest absolute Gasteiger partial charge is 0.296 e. The molecule has 8 heteroatoms. The van der Waals surface area contributed by atoms with Crippen LogP contribution in [0.2, 0.25) is 5.02 Å². The van der Waals surface area contributed by atoms with E-state index in [1.54, 1.807) is 50.2 Å². The highest BCUT2D eigenvalue weighted by atomic mass is 35.5. The third kappa shape index (κ3) is 6.29. The maximum Gasteiger partial charge on any atom is 0.296 e. The average molecular weight is 488 g/mol. The van der Waals surface area contributed by atoms with Crippen molar-refractivity contribution >= 4 is 33.2 Å². The number of carbonyl (C=O) groups excluding carboxylic acids is 1. The lowest BCUT2D eigenvalue weighted by atomic mass is 10.1. The number of anilines is 1. The molecule has 0 aromatic heterocycles. The van der Waals surface area contributed by atoms with Crippen LogP contribution in [0.1, 0.15) is 36.0 Å². The zero-order valence-electron chi connectivity index (χ0n) is 19.3. The van der Waals surface area contributed by atoms with Crippen LogP contribution in [-0.4, -0.2) is 52.5 Å². The molecule has 0 spiro atoms. The summed E-state index contributed by atoms with van der Waals surface area (Å²) in [5, 5.41) is 3.35. The Morgan fingerprint density at radius 2 is 1.82 bits per heavy atom. The van der Waals surface area contributed by atoms with Crippen molar-refractivity contribution in [3.05, 3.63) is 58.1 Å². The van der Waals surface area contributed by atoms with Gasteiger partial charge in [0.05, 0.1) is 10.6 Å². The quantitative estimate of drug-likeness (QED) is 0.630. The Kier molecular flexibility index (Phi) is 8.41. The monoisotopic (exact) mass is 487 g/mol. The molecule has 1 N–H and O–H groups in total. The molecule has 1 aliphatic heterocycles. The summed E-state index contributed by atoms with van der Waals surface area (Å²) in [6, 6.07) is 10.1. The van der Waals surface area contributed by atoms with Crippen molar-refractivity contribution < 1.29 is 13.2 Å². The number of halogens is 1. The number of amides is 1. The van der Waals surface area contributed by atoms with Crippen molar-refractivity contribution in [2.24, 2.45) is 0 Å². The van der Waals surface area contributed by atoms with Crippen molar-refractivity contribution in [3.63, 3.8) is 0 Å². The zero-order chi connectivity index (χ0) is 24.0. The first-order valence-electron chi connectivity index (χ1n) is 11.1. The van der Waals surface area contributed by atoms with Crippen LogP contribution in [-0.2, 0) is 14.8 Å². The summed E-state index contributed by atoms with van der Waals surface area (Å²) in [5.41, 5.74) is 2.11. The number of sulfonamides is 1. The number of nitrogens with one attached hydrogen (secondary N) is 1. The second kappa shape index (κ2) is 11.1. The molecule has 0 unspecified atom stereocenters. The minimum Gasteiger partial charge on any atom is -0.344 e. The number of carbonyl (C=O) groups is 1. The summed E-state index contributed by atoms with van der Waals surface area (Å²) < 4.78 is 27.9. The molecule has 2 aromatic rings. The molecule has 0 bridgehead atoms. The molecule has 1 aliphatic rings. The molecule has 1 fully saturated rings. The molecule has 1 heterocycles. The molecule has 0 radical (unpaired) electrons. The number of para-hydroxylation sites is 1. The maximum absolute atomic E-state index is 13.3. The summed E-state index contributed by atoms with van der Waals surface area (Å²) in [5.74, 6) is 5.05. The van der Waals surface area contributed by atoms with Gasteiger partial charge >= 0.3 is 0 Å². The van der Waals surface area contributed by atoms with E-state index in [-0.39, 0.29) is 10.8 Å². The van der Waals surface area contributed by atoms with Gasteiger partial charge in [-0.25, -0.2) is 8.42 Å². The average Bonchev–Trinajstić information content (AvgIpc) is 2.80. The zero-order valence-corrected chi connectivity index (χ0v) is 20.9. The van der Waals surface area contributed by atoms with Crippen LogP contribution < -0.4 is 9.62 Å². The Bertz CT molecular complexity index is 1180. The number of likely N-dealkylation sites (tertiary alicyclic amines) is 1. The van der Waals surface area contributed by atoms with Crippen molar-refractivity contribution in [1.82, 2.24) is 10.2 Å². The second-order valence-corrected chi connectivity index (χ2v) is 10.6. The van der Waals surface area contributed by atoms with Crippen LogP contribution in [0.25, 0.3) is 0 Å². The molecule has 176 valence electrons. The normalized spacial score (nSPS) is 14.3. The Hall–Kier alpha value is -2.53. The Morgan fingerprint density at radius 1 is 1.12 bits per heavy atom. The van der Waals surface area contributed by atoms with Crippen LogP contribution >= 0.6 is 11.6 Å². The van der Waals surface area contributed by atoms with E-state index >= 15 is 0 Å². The SMILES string of the molecule is Cc1cc(S(=O)(=O)N(C)c2ccccc2C#CC(=O)NCCN2CCCCC2)c(C)cc1Cl. The van der Waals surface area contributed by atoms with Crippen molar-refractivity contribution in [1.29, 1.82) is 0 Å². The van der Waals surface area contributed by atoms with E-state index in [9.17, 15) is 13.2 Å². The fourth-order valence-electron chi connectivity index (χ4n) is 3.84. The summed E-state index contributed by atoms with van der Waals surface area (Å²) in [4.78, 5) is 14.7. The first-order chi connectivity index (χ1) is 15.7. The molecule has 0 atom stereocenters. The van der Waals surface area contributed by atoms with Gasteiger partial charge in [0.2, 0.25) is 0 Å². The lowest BCUT2D eigenvalue weighted by Gasteiger charge is -2.26. The molecule has 2 aromatic carbocycles. The molecule has 33 heavy (non-hydrogen) atoms. The minimum absolute atomic E-state index is 0.185. The first kappa shape index (κ1) is 25.1. The van der Waals surface area contributed by atoms with Gasteiger partial charge in [0.15, 0.2) is 0 Å². The molecule has 3 rings (SSSR count). The topological polar surface area (TPSA) is 69.7 Å². The van der Waals surface area contributed by atoms with Crippen molar-refractivity contribution in [3.8, 4) is 11.8 Å². The first-order valence-corrected chi connectivity index (χ1v) is 12.9. The van der Waals surface area contributed by atoms with Crippen molar-refractivity contribution in [2.75, 3.05) is 37.5 Å². The lowest BCUT2D eigenvalue weighted by molar-refractivity contribution is -0.115. The molecule has 1 amide bonds. The van der Waals surface area contributed by atoms with Crippen molar-refractivity contribution in [2.45, 2.75) is 38.0 Å². The molecular weight excluding hydrogens is 458 g/mol. The molecule has 0 saturated carbocycles. The van der Waals surface area contributed by atoms with Gasteiger partial charge in [0.25, 0.3) is 15.9 Å². The Labute approximate surface area is 202 Å². The van der Waals surface area contributed by atoms with Crippen LogP contribution in [0.15, 0.2) is 41.3 Å². The van der Waals surface area contributed by atoms with Gasteiger partial charge in [-0.1, -0.05) is 36.1 Å². The van der Waals surface area contributed by atoms with E-state index in [1.165, 1.54) is 30.6 Å². The van der Waals surface area contributed by atoms with E-state index < -0.39 is 10.0 Å². The van der Waals surface area contributed by atoms with Gasteiger partial charge in [-0.05, 0) is 75.2 Å². The van der Waals surface area contributed by atoms with Crippen LogP contribution in [0.3, 0.4) is 0 Å². The maximum atomic E-state index is 13.3. The van der Waals surface area contributed by atoms with Gasteiger partial charge in [-0.3, -0.25) is 9.10 Å². The number of hydrogen-bond donors (Lipinski definition) is 1. The standard InChI is InChI=1S/C25H30ClN3O3S/c1-19-18-24(20(2)17-22(19)26)33(31,32)28(3)23-10-6-5-9-21(23)11-12-25(30)27-13-16-29-14-7-4-8-15-29/h5-6,9-10,17-18H,4,7-8,13-16H2,1-3H3,(H,27,30). The largest absolute Gasteiger partial charge is 0.344 e. The predicted molar refractivity (Wildman–Crippen MR) is 133 cm³/mol. The van der Waals surface area contributed by atoms with Gasteiger partial charge < -0.3 is 10.2 Å². The summed E-state index contributed by atoms with van der Waals surface area (Å²) in [6.07, 6.45) is 3.68. The number of aryl methyl sites for hydroxylation is 2. The molecule has 6 nitrogen and oxygen atoms in total. The van der Waals surface area contributed by atoms with E-state index in [0.29, 0.717) is 33.9 Å². The fraction of sp³-hybridized carbons (Fsp3) is 0.400. The van der Waals surface area contributed by atoms with Gasteiger partial charge in [0.1, 0.15) is 0 Å². The summed E-state index contributed by atoms with van der Waals surface area (Å²) in [7, 11) is -2.36. The van der Waals surface area contributed by atoms with E-state index in [4.69, 9.17) is 11.6 Å². The Balaban J connectivity index is 1.75. The number of rotatable bonds is 6. The van der Waals surface area contributed by atoms with Gasteiger partial charge in [-0.2, -0.15) is 0 Å². The number of piperidine rings is 1. The fourth-order valence-corrected chi connectivity index (χ4v) is 5.57. The van der Waals surface area contributed by atoms with Gasteiger partial charge in [0, 0.05) is 36.6 Å². The Morgan fingerprint density at radius 3 is 2.55 bits per heavy atom. The van der Waals surface area contributed by atoms with Gasteiger partial charge in [-0.15, -0.1) is 0 Å².